The molecule has 1 fully saturated rings. The van der Waals surface area contributed by atoms with Crippen LogP contribution in [0, 0.1) is 6.42 Å². The van der Waals surface area contributed by atoms with E-state index in [-0.39, 0.29) is 46.0 Å². The van der Waals surface area contributed by atoms with Crippen LogP contribution in [0.1, 0.15) is 31.1 Å². The standard InChI is InChI=1S/C31H23N8O7S/c1-45-24-14-16(8-10-33-24)38-11-9-22(35-38)37-12-13-46-21(31(37)44)15-23(40)34-20-7-6-19-26(25(20)27(32)41)47-36-28(19)39-29(42)17-4-2-3-5-18(17)30(39)43/h2-11,14-15,21H,12-13H2,1H3,(H2,32,41)(H,34,40)/t21-/m1/s1. The molecule has 0 saturated carbocycles. The van der Waals surface area contributed by atoms with Crippen molar-refractivity contribution in [3.63, 3.8) is 0 Å². The number of benzene rings is 2. The minimum Gasteiger partial charge on any atom is -0.481 e. The SMILES string of the molecule is COc1cc(-n2ccc(N3CCO[C@H]([CH]C(=O)Nc4ccc5c(N6C(=O)c7ccccc7C6=O)nsc5c4C(N)=O)C3=O)n2)ccn1. The van der Waals surface area contributed by atoms with Crippen LogP contribution in [0.5, 0.6) is 5.88 Å². The largest absolute Gasteiger partial charge is 0.481 e. The summed E-state index contributed by atoms with van der Waals surface area (Å²) in [5, 5.41) is 7.42. The topological polar surface area (TPSA) is 192 Å². The number of carbonyl (C=O) groups is 5. The van der Waals surface area contributed by atoms with Crippen LogP contribution < -0.4 is 25.6 Å². The lowest BCUT2D eigenvalue weighted by Crippen LogP contribution is -2.49. The van der Waals surface area contributed by atoms with Gasteiger partial charge in [-0.3, -0.25) is 28.9 Å². The molecule has 47 heavy (non-hydrogen) atoms. The highest BCUT2D eigenvalue weighted by Gasteiger charge is 2.39. The zero-order chi connectivity index (χ0) is 32.8. The lowest BCUT2D eigenvalue weighted by molar-refractivity contribution is -0.133. The van der Waals surface area contributed by atoms with Crippen LogP contribution >= 0.6 is 11.5 Å². The summed E-state index contributed by atoms with van der Waals surface area (Å²) in [4.78, 5) is 71.7. The van der Waals surface area contributed by atoms with E-state index in [0.29, 0.717) is 22.8 Å². The first kappa shape index (κ1) is 29.7. The highest BCUT2D eigenvalue weighted by Crippen LogP contribution is 2.38. The summed E-state index contributed by atoms with van der Waals surface area (Å²) in [7, 11) is 1.50. The number of rotatable bonds is 8. The number of pyridine rings is 1. The van der Waals surface area contributed by atoms with Crippen molar-refractivity contribution in [2.24, 2.45) is 5.73 Å². The van der Waals surface area contributed by atoms with Gasteiger partial charge in [-0.1, -0.05) is 12.1 Å². The molecule has 3 N–H and O–H groups in total. The van der Waals surface area contributed by atoms with E-state index in [0.717, 1.165) is 22.9 Å². The van der Waals surface area contributed by atoms with E-state index in [2.05, 4.69) is 19.8 Å². The van der Waals surface area contributed by atoms with Gasteiger partial charge in [-0.2, -0.15) is 4.37 Å². The molecule has 0 aliphatic carbocycles. The Morgan fingerprint density at radius 2 is 1.85 bits per heavy atom. The summed E-state index contributed by atoms with van der Waals surface area (Å²) in [6, 6.07) is 14.4. The fraction of sp³-hybridized carbons (Fsp3) is 0.129. The summed E-state index contributed by atoms with van der Waals surface area (Å²) in [5.41, 5.74) is 6.86. The van der Waals surface area contributed by atoms with Gasteiger partial charge < -0.3 is 20.5 Å². The van der Waals surface area contributed by atoms with Crippen LogP contribution in [-0.4, -0.2) is 75.0 Å². The maximum atomic E-state index is 13.3. The fourth-order valence-corrected chi connectivity index (χ4v) is 6.32. The van der Waals surface area contributed by atoms with Crippen molar-refractivity contribution in [2.45, 2.75) is 6.10 Å². The summed E-state index contributed by atoms with van der Waals surface area (Å²) in [6.45, 7) is 0.348. The third-order valence-electron chi connectivity index (χ3n) is 7.60. The highest BCUT2D eigenvalue weighted by atomic mass is 32.1. The molecule has 0 bridgehead atoms. The average molecular weight is 652 g/mol. The third-order valence-corrected chi connectivity index (χ3v) is 8.47. The number of aromatic nitrogens is 4. The smallest absolute Gasteiger partial charge is 0.267 e. The van der Waals surface area contributed by atoms with Crippen LogP contribution in [0.25, 0.3) is 15.8 Å². The number of ether oxygens (including phenoxy) is 2. The van der Waals surface area contributed by atoms with Crippen LogP contribution in [-0.2, 0) is 14.3 Å². The molecule has 5 heterocycles. The number of nitrogens with two attached hydrogens (primary N) is 1. The van der Waals surface area contributed by atoms with E-state index < -0.39 is 35.6 Å². The molecule has 5 amide bonds. The van der Waals surface area contributed by atoms with Gasteiger partial charge in [0.25, 0.3) is 23.6 Å². The van der Waals surface area contributed by atoms with E-state index in [9.17, 15) is 24.0 Å². The van der Waals surface area contributed by atoms with Crippen molar-refractivity contribution in [3.8, 4) is 11.6 Å². The number of methoxy groups -OCH3 is 1. The Kier molecular flexibility index (Phi) is 7.42. The Labute approximate surface area is 269 Å². The quantitative estimate of drug-likeness (QED) is 0.235. The maximum absolute atomic E-state index is 13.3. The lowest BCUT2D eigenvalue weighted by Gasteiger charge is -2.30. The van der Waals surface area contributed by atoms with Crippen molar-refractivity contribution >= 4 is 68.5 Å². The van der Waals surface area contributed by atoms with Gasteiger partial charge in [0.1, 0.15) is 6.10 Å². The van der Waals surface area contributed by atoms with Crippen molar-refractivity contribution in [1.29, 1.82) is 0 Å². The fourth-order valence-electron chi connectivity index (χ4n) is 5.40. The number of hydrogen-bond donors (Lipinski definition) is 2. The number of morpholine rings is 1. The molecule has 235 valence electrons. The van der Waals surface area contributed by atoms with Gasteiger partial charge in [-0.15, -0.1) is 5.10 Å². The van der Waals surface area contributed by atoms with E-state index in [1.807, 2.05) is 0 Å². The van der Waals surface area contributed by atoms with Crippen LogP contribution in [0.2, 0.25) is 0 Å². The van der Waals surface area contributed by atoms with Gasteiger partial charge in [-0.25, -0.2) is 14.6 Å². The van der Waals surface area contributed by atoms with Crippen LogP contribution in [0.15, 0.2) is 67.0 Å². The van der Waals surface area contributed by atoms with E-state index in [1.165, 1.54) is 24.1 Å². The molecule has 1 saturated heterocycles. The highest BCUT2D eigenvalue weighted by molar-refractivity contribution is 7.14. The predicted molar refractivity (Wildman–Crippen MR) is 169 cm³/mol. The zero-order valence-electron chi connectivity index (χ0n) is 24.4. The predicted octanol–water partition coefficient (Wildman–Crippen LogP) is 2.36. The van der Waals surface area contributed by atoms with Crippen molar-refractivity contribution in [1.82, 2.24) is 19.1 Å². The summed E-state index contributed by atoms with van der Waals surface area (Å²) in [6.07, 6.45) is 3.08. The van der Waals surface area contributed by atoms with Gasteiger partial charge in [0.05, 0.1) is 59.4 Å². The molecular formula is C31H23N8O7S. The van der Waals surface area contributed by atoms with Gasteiger partial charge in [0.15, 0.2) is 11.6 Å². The molecule has 15 nitrogen and oxygen atoms in total. The molecule has 1 atom stereocenters. The van der Waals surface area contributed by atoms with Crippen molar-refractivity contribution < 1.29 is 33.4 Å². The molecule has 7 rings (SSSR count). The molecule has 2 aliphatic rings. The number of anilines is 3. The first-order valence-electron chi connectivity index (χ1n) is 14.1. The van der Waals surface area contributed by atoms with Crippen LogP contribution in [0.3, 0.4) is 0 Å². The molecule has 16 heteroatoms. The molecular weight excluding hydrogens is 628 g/mol. The second-order valence-corrected chi connectivity index (χ2v) is 11.1. The Morgan fingerprint density at radius 1 is 1.09 bits per heavy atom. The van der Waals surface area contributed by atoms with Gasteiger partial charge in [-0.05, 0) is 41.9 Å². The Balaban J connectivity index is 1.09. The Hall–Kier alpha value is -6.00. The minimum absolute atomic E-state index is 0.0509. The number of imide groups is 1. The minimum atomic E-state index is -1.24. The van der Waals surface area contributed by atoms with Gasteiger partial charge in [0.2, 0.25) is 11.8 Å². The second-order valence-electron chi connectivity index (χ2n) is 10.3. The molecule has 1 radical (unpaired) electrons. The third kappa shape index (κ3) is 5.14. The molecule has 2 aliphatic heterocycles. The molecule has 0 spiro atoms. The van der Waals surface area contributed by atoms with Gasteiger partial charge in [0, 0.05) is 29.9 Å². The number of nitrogens with one attached hydrogen (secondary N) is 1. The number of amides is 5. The summed E-state index contributed by atoms with van der Waals surface area (Å²) >= 11 is 0.853. The number of hydrogen-bond acceptors (Lipinski definition) is 11. The Morgan fingerprint density at radius 3 is 2.57 bits per heavy atom. The second kappa shape index (κ2) is 11.7. The maximum Gasteiger partial charge on any atom is 0.267 e. The molecule has 2 aromatic carbocycles. The molecule has 0 unspecified atom stereocenters. The van der Waals surface area contributed by atoms with Crippen LogP contribution in [0.4, 0.5) is 17.3 Å². The van der Waals surface area contributed by atoms with E-state index in [1.54, 1.807) is 59.5 Å². The van der Waals surface area contributed by atoms with Gasteiger partial charge >= 0.3 is 0 Å². The van der Waals surface area contributed by atoms with Crippen molar-refractivity contribution in [3.05, 3.63) is 90.1 Å². The number of carbonyl (C=O) groups excluding carboxylic acids is 5. The summed E-state index contributed by atoms with van der Waals surface area (Å²) < 4.78 is 16.9. The number of primary amides is 1. The first-order chi connectivity index (χ1) is 22.7. The van der Waals surface area contributed by atoms with E-state index in [4.69, 9.17) is 15.2 Å². The first-order valence-corrected chi connectivity index (χ1v) is 14.9. The zero-order valence-corrected chi connectivity index (χ0v) is 25.3. The monoisotopic (exact) mass is 651 g/mol. The Bertz CT molecular complexity index is 2090. The molecule has 5 aromatic rings. The average Bonchev–Trinajstić information content (AvgIpc) is 3.79. The van der Waals surface area contributed by atoms with Crippen molar-refractivity contribution in [2.75, 3.05) is 35.4 Å². The number of fused-ring (bicyclic) bond motifs is 2. The lowest BCUT2D eigenvalue weighted by atomic mass is 10.1. The molecule has 3 aromatic heterocycles. The number of nitrogens with zero attached hydrogens (tertiary/aromatic N) is 6. The normalized spacial score (nSPS) is 16.1. The van der Waals surface area contributed by atoms with E-state index >= 15 is 0 Å². The summed E-state index contributed by atoms with van der Waals surface area (Å²) in [5.74, 6) is -2.39.